The van der Waals surface area contributed by atoms with Crippen molar-refractivity contribution in [2.24, 2.45) is 0 Å². The number of nitrogens with zero attached hydrogens (tertiary/aromatic N) is 1. The smallest absolute Gasteiger partial charge is 0.156 e. The summed E-state index contributed by atoms with van der Waals surface area (Å²) in [4.78, 5) is 0. The quantitative estimate of drug-likeness (QED) is 0.760. The summed E-state index contributed by atoms with van der Waals surface area (Å²) in [5.74, 6) is 0.449. The Bertz CT molecular complexity index is 334. The summed E-state index contributed by atoms with van der Waals surface area (Å²) in [6.07, 6.45) is 0.295. The van der Waals surface area contributed by atoms with E-state index in [4.69, 9.17) is 33.2 Å². The number of hydrogen-bond acceptors (Lipinski definition) is 2. The Balaban J connectivity index is 3.14. The van der Waals surface area contributed by atoms with E-state index in [9.17, 15) is 0 Å². The van der Waals surface area contributed by atoms with E-state index in [1.807, 2.05) is 6.07 Å². The lowest BCUT2D eigenvalue weighted by Gasteiger charge is -2.06. The second-order valence-electron chi connectivity index (χ2n) is 2.43. The summed E-state index contributed by atoms with van der Waals surface area (Å²) in [6, 6.07) is 5.37. The maximum absolute atomic E-state index is 8.46. The zero-order valence-electron chi connectivity index (χ0n) is 6.97. The van der Waals surface area contributed by atoms with Gasteiger partial charge in [0, 0.05) is 0 Å². The van der Waals surface area contributed by atoms with Crippen LogP contribution in [0.2, 0.25) is 10.0 Å². The number of ether oxygens (including phenoxy) is 1. The SMILES string of the molecule is COc1c(Cl)cc(CC#N)cc1Cl. The third kappa shape index (κ3) is 2.27. The Labute approximate surface area is 86.6 Å². The van der Waals surface area contributed by atoms with Gasteiger partial charge >= 0.3 is 0 Å². The van der Waals surface area contributed by atoms with Crippen molar-refractivity contribution < 1.29 is 4.74 Å². The molecule has 0 N–H and O–H groups in total. The van der Waals surface area contributed by atoms with Gasteiger partial charge in [0.2, 0.25) is 0 Å². The van der Waals surface area contributed by atoms with Crippen molar-refractivity contribution in [3.63, 3.8) is 0 Å². The molecule has 2 nitrogen and oxygen atoms in total. The zero-order chi connectivity index (χ0) is 9.84. The van der Waals surface area contributed by atoms with Gasteiger partial charge in [0.15, 0.2) is 5.75 Å². The topological polar surface area (TPSA) is 33.0 Å². The molecule has 68 valence electrons. The van der Waals surface area contributed by atoms with Crippen molar-refractivity contribution >= 4 is 23.2 Å². The van der Waals surface area contributed by atoms with Gasteiger partial charge in [-0.15, -0.1) is 0 Å². The molecule has 0 atom stereocenters. The maximum Gasteiger partial charge on any atom is 0.156 e. The van der Waals surface area contributed by atoms with E-state index >= 15 is 0 Å². The molecule has 1 aromatic rings. The van der Waals surface area contributed by atoms with Crippen molar-refractivity contribution in [2.45, 2.75) is 6.42 Å². The molecule has 13 heavy (non-hydrogen) atoms. The Morgan fingerprint density at radius 3 is 2.31 bits per heavy atom. The predicted octanol–water partition coefficient (Wildman–Crippen LogP) is 3.07. The largest absolute Gasteiger partial charge is 0.494 e. The molecule has 0 bridgehead atoms. The summed E-state index contributed by atoms with van der Waals surface area (Å²) >= 11 is 11.7. The van der Waals surface area contributed by atoms with Gasteiger partial charge in [0.05, 0.1) is 29.6 Å². The number of nitriles is 1. The second kappa shape index (κ2) is 4.36. The number of rotatable bonds is 2. The van der Waals surface area contributed by atoms with Gasteiger partial charge in [0.25, 0.3) is 0 Å². The maximum atomic E-state index is 8.46. The first-order valence-corrected chi connectivity index (χ1v) is 4.33. The minimum atomic E-state index is 0.295. The Hall–Kier alpha value is -0.910. The van der Waals surface area contributed by atoms with E-state index in [2.05, 4.69) is 0 Å². The van der Waals surface area contributed by atoms with Crippen LogP contribution < -0.4 is 4.74 Å². The average molecular weight is 216 g/mol. The van der Waals surface area contributed by atoms with Gasteiger partial charge in [-0.3, -0.25) is 0 Å². The van der Waals surface area contributed by atoms with Crippen LogP contribution in [0.25, 0.3) is 0 Å². The summed E-state index contributed by atoms with van der Waals surface area (Å²) in [7, 11) is 1.50. The van der Waals surface area contributed by atoms with Crippen molar-refractivity contribution in [3.8, 4) is 11.8 Å². The Kier molecular flexibility index (Phi) is 3.41. The highest BCUT2D eigenvalue weighted by atomic mass is 35.5. The van der Waals surface area contributed by atoms with Crippen molar-refractivity contribution in [1.29, 1.82) is 5.26 Å². The fourth-order valence-electron chi connectivity index (χ4n) is 1.00. The first-order valence-electron chi connectivity index (χ1n) is 3.58. The molecule has 0 aliphatic rings. The number of hydrogen-bond donors (Lipinski definition) is 0. The van der Waals surface area contributed by atoms with E-state index in [1.165, 1.54) is 7.11 Å². The summed E-state index contributed by atoms with van der Waals surface area (Å²) in [5.41, 5.74) is 0.790. The van der Waals surface area contributed by atoms with E-state index < -0.39 is 0 Å². The van der Waals surface area contributed by atoms with Crippen molar-refractivity contribution in [3.05, 3.63) is 27.7 Å². The van der Waals surface area contributed by atoms with Crippen LogP contribution in [0.15, 0.2) is 12.1 Å². The van der Waals surface area contributed by atoms with Crippen molar-refractivity contribution in [2.75, 3.05) is 7.11 Å². The molecule has 0 aromatic heterocycles. The average Bonchev–Trinajstić information content (AvgIpc) is 2.04. The molecule has 0 aliphatic heterocycles. The van der Waals surface area contributed by atoms with Crippen LogP contribution in [0, 0.1) is 11.3 Å². The van der Waals surface area contributed by atoms with Gasteiger partial charge in [-0.1, -0.05) is 23.2 Å². The molecule has 1 rings (SSSR count). The summed E-state index contributed by atoms with van der Waals surface area (Å²) in [5, 5.41) is 9.32. The highest BCUT2D eigenvalue weighted by Crippen LogP contribution is 2.33. The van der Waals surface area contributed by atoms with E-state index in [-0.39, 0.29) is 0 Å². The molecule has 0 aliphatic carbocycles. The molecule has 0 unspecified atom stereocenters. The number of halogens is 2. The first-order chi connectivity index (χ1) is 6.19. The van der Waals surface area contributed by atoms with Gasteiger partial charge in [-0.05, 0) is 17.7 Å². The standard InChI is InChI=1S/C9H7Cl2NO/c1-13-9-7(10)4-6(2-3-12)5-8(9)11/h4-5H,2H2,1H3. The first kappa shape index (κ1) is 10.2. The van der Waals surface area contributed by atoms with Crippen LogP contribution >= 0.6 is 23.2 Å². The summed E-state index contributed by atoms with van der Waals surface area (Å²) in [6.45, 7) is 0. The third-order valence-electron chi connectivity index (χ3n) is 1.55. The molecular weight excluding hydrogens is 209 g/mol. The van der Waals surface area contributed by atoms with Gasteiger partial charge in [-0.25, -0.2) is 0 Å². The van der Waals surface area contributed by atoms with Crippen LogP contribution in [-0.2, 0) is 6.42 Å². The molecular formula is C9H7Cl2NO. The second-order valence-corrected chi connectivity index (χ2v) is 3.24. The fraction of sp³-hybridized carbons (Fsp3) is 0.222. The van der Waals surface area contributed by atoms with E-state index in [0.29, 0.717) is 22.2 Å². The molecule has 0 saturated heterocycles. The molecule has 0 spiro atoms. The van der Waals surface area contributed by atoms with Gasteiger partial charge < -0.3 is 4.74 Å². The Morgan fingerprint density at radius 1 is 1.38 bits per heavy atom. The van der Waals surface area contributed by atoms with Crippen LogP contribution in [0.3, 0.4) is 0 Å². The van der Waals surface area contributed by atoms with Crippen molar-refractivity contribution in [1.82, 2.24) is 0 Å². The highest BCUT2D eigenvalue weighted by Gasteiger charge is 2.07. The zero-order valence-corrected chi connectivity index (χ0v) is 8.49. The lowest BCUT2D eigenvalue weighted by atomic mass is 10.1. The van der Waals surface area contributed by atoms with Crippen LogP contribution in [-0.4, -0.2) is 7.11 Å². The lowest BCUT2D eigenvalue weighted by molar-refractivity contribution is 0.415. The number of benzene rings is 1. The van der Waals surface area contributed by atoms with E-state index in [0.717, 1.165) is 5.56 Å². The van der Waals surface area contributed by atoms with Gasteiger partial charge in [0.1, 0.15) is 0 Å². The molecule has 0 amide bonds. The van der Waals surface area contributed by atoms with Crippen LogP contribution in [0.5, 0.6) is 5.75 Å². The summed E-state index contributed by atoms with van der Waals surface area (Å²) < 4.78 is 4.96. The molecule has 4 heteroatoms. The third-order valence-corrected chi connectivity index (χ3v) is 2.11. The number of methoxy groups -OCH3 is 1. The molecule has 0 fully saturated rings. The Morgan fingerprint density at radius 2 is 1.92 bits per heavy atom. The van der Waals surface area contributed by atoms with Crippen LogP contribution in [0.1, 0.15) is 5.56 Å². The molecule has 0 saturated carbocycles. The molecule has 1 aromatic carbocycles. The predicted molar refractivity (Wildman–Crippen MR) is 52.3 cm³/mol. The lowest BCUT2D eigenvalue weighted by Crippen LogP contribution is -1.88. The molecule has 0 radical (unpaired) electrons. The highest BCUT2D eigenvalue weighted by molar-refractivity contribution is 6.37. The van der Waals surface area contributed by atoms with E-state index in [1.54, 1.807) is 12.1 Å². The monoisotopic (exact) mass is 215 g/mol. The minimum Gasteiger partial charge on any atom is -0.494 e. The van der Waals surface area contributed by atoms with Crippen LogP contribution in [0.4, 0.5) is 0 Å². The molecule has 0 heterocycles. The van der Waals surface area contributed by atoms with Gasteiger partial charge in [-0.2, -0.15) is 5.26 Å². The fourth-order valence-corrected chi connectivity index (χ4v) is 1.69. The normalized spacial score (nSPS) is 9.38. The minimum absolute atomic E-state index is 0.295.